The van der Waals surface area contributed by atoms with Gasteiger partial charge >= 0.3 is 0 Å². The minimum Gasteiger partial charge on any atom is -0.206 e. The van der Waals surface area contributed by atoms with E-state index in [4.69, 9.17) is 0 Å². The highest BCUT2D eigenvalue weighted by molar-refractivity contribution is 9.10. The molecule has 0 spiro atoms. The van der Waals surface area contributed by atoms with Crippen molar-refractivity contribution in [3.8, 4) is 22.3 Å². The molecule has 0 saturated heterocycles. The van der Waals surface area contributed by atoms with Crippen LogP contribution >= 0.6 is 27.3 Å². The van der Waals surface area contributed by atoms with Crippen molar-refractivity contribution in [2.45, 2.75) is 13.8 Å². The summed E-state index contributed by atoms with van der Waals surface area (Å²) in [4.78, 5) is 2.30. The number of benzene rings is 2. The Kier molecular flexibility index (Phi) is 3.96. The van der Waals surface area contributed by atoms with Crippen molar-refractivity contribution in [3.63, 3.8) is 0 Å². The summed E-state index contributed by atoms with van der Waals surface area (Å²) in [5.41, 5.74) is 3.60. The highest BCUT2D eigenvalue weighted by Crippen LogP contribution is 2.44. The van der Waals surface area contributed by atoms with E-state index in [2.05, 4.69) is 15.9 Å². The van der Waals surface area contributed by atoms with Gasteiger partial charge in [0.05, 0.1) is 0 Å². The van der Waals surface area contributed by atoms with Gasteiger partial charge in [-0.3, -0.25) is 0 Å². The zero-order valence-corrected chi connectivity index (χ0v) is 14.2. The second kappa shape index (κ2) is 5.74. The monoisotopic (exact) mass is 360 g/mol. The first-order valence-electron chi connectivity index (χ1n) is 6.69. The molecule has 0 radical (unpaired) electrons. The topological polar surface area (TPSA) is 0 Å². The number of aryl methyl sites for hydroxylation is 2. The van der Waals surface area contributed by atoms with Gasteiger partial charge in [-0.1, -0.05) is 42.5 Å². The van der Waals surface area contributed by atoms with E-state index in [9.17, 15) is 4.39 Å². The number of thiophene rings is 1. The van der Waals surface area contributed by atoms with Gasteiger partial charge in [0.1, 0.15) is 5.82 Å². The molecule has 3 aromatic rings. The molecule has 0 aliphatic rings. The lowest BCUT2D eigenvalue weighted by Gasteiger charge is -2.12. The molecule has 106 valence electrons. The smallest absolute Gasteiger partial charge is 0.131 e. The maximum absolute atomic E-state index is 14.6. The SMILES string of the molecule is Cc1sc(C)c(-c2c(F)cccc2-c2ccccc2)c1Br. The minimum absolute atomic E-state index is 0.182. The molecule has 0 aliphatic carbocycles. The number of hydrogen-bond donors (Lipinski definition) is 0. The summed E-state index contributed by atoms with van der Waals surface area (Å²) in [5, 5.41) is 0. The average Bonchev–Trinajstić information content (AvgIpc) is 2.73. The Bertz CT molecular complexity index is 790. The molecule has 21 heavy (non-hydrogen) atoms. The van der Waals surface area contributed by atoms with E-state index in [0.29, 0.717) is 5.56 Å². The molecular weight excluding hydrogens is 347 g/mol. The van der Waals surface area contributed by atoms with Gasteiger partial charge in [0.2, 0.25) is 0 Å². The molecule has 0 fully saturated rings. The Morgan fingerprint density at radius 3 is 2.19 bits per heavy atom. The van der Waals surface area contributed by atoms with E-state index in [-0.39, 0.29) is 5.82 Å². The van der Waals surface area contributed by atoms with E-state index in [0.717, 1.165) is 26.0 Å². The number of hydrogen-bond acceptors (Lipinski definition) is 1. The number of halogens is 2. The van der Waals surface area contributed by atoms with E-state index < -0.39 is 0 Å². The van der Waals surface area contributed by atoms with Crippen LogP contribution in [0.1, 0.15) is 9.75 Å². The van der Waals surface area contributed by atoms with Gasteiger partial charge in [-0.2, -0.15) is 0 Å². The Labute approximate surface area is 136 Å². The van der Waals surface area contributed by atoms with Crippen molar-refractivity contribution in [1.29, 1.82) is 0 Å². The maximum Gasteiger partial charge on any atom is 0.131 e. The van der Waals surface area contributed by atoms with Crippen molar-refractivity contribution in [3.05, 3.63) is 68.6 Å². The van der Waals surface area contributed by atoms with Crippen molar-refractivity contribution >= 4 is 27.3 Å². The zero-order valence-electron chi connectivity index (χ0n) is 11.8. The lowest BCUT2D eigenvalue weighted by atomic mass is 9.94. The molecule has 0 N–H and O–H groups in total. The van der Waals surface area contributed by atoms with Crippen LogP contribution in [0.15, 0.2) is 53.0 Å². The molecular formula is C18H14BrFS. The third-order valence-corrected chi connectivity index (χ3v) is 5.81. The van der Waals surface area contributed by atoms with Crippen LogP contribution in [0.4, 0.5) is 4.39 Å². The third kappa shape index (κ3) is 2.56. The second-order valence-electron chi connectivity index (χ2n) is 4.93. The summed E-state index contributed by atoms with van der Waals surface area (Å²) in [6, 6.07) is 15.2. The second-order valence-corrected chi connectivity index (χ2v) is 7.15. The molecule has 2 aromatic carbocycles. The fourth-order valence-corrected chi connectivity index (χ4v) is 4.41. The highest BCUT2D eigenvalue weighted by Gasteiger charge is 2.19. The van der Waals surface area contributed by atoms with Gasteiger partial charge in [0, 0.05) is 25.4 Å². The van der Waals surface area contributed by atoms with Crippen LogP contribution in [0.2, 0.25) is 0 Å². The Morgan fingerprint density at radius 2 is 1.57 bits per heavy atom. The molecule has 0 unspecified atom stereocenters. The van der Waals surface area contributed by atoms with E-state index in [1.165, 1.54) is 10.9 Å². The van der Waals surface area contributed by atoms with Crippen LogP contribution < -0.4 is 0 Å². The summed E-state index contributed by atoms with van der Waals surface area (Å²) in [7, 11) is 0. The molecule has 3 heteroatoms. The summed E-state index contributed by atoms with van der Waals surface area (Å²) in [6.07, 6.45) is 0. The van der Waals surface area contributed by atoms with Gasteiger partial charge in [-0.15, -0.1) is 11.3 Å². The van der Waals surface area contributed by atoms with Crippen LogP contribution in [0.3, 0.4) is 0 Å². The van der Waals surface area contributed by atoms with Crippen molar-refractivity contribution in [2.24, 2.45) is 0 Å². The van der Waals surface area contributed by atoms with Crippen LogP contribution in [0, 0.1) is 19.7 Å². The highest BCUT2D eigenvalue weighted by atomic mass is 79.9. The van der Waals surface area contributed by atoms with E-state index >= 15 is 0 Å². The Hall–Kier alpha value is -1.45. The minimum atomic E-state index is -0.182. The fraction of sp³-hybridized carbons (Fsp3) is 0.111. The standard InChI is InChI=1S/C18H14BrFS/c1-11-16(18(19)12(2)21-11)17-14(9-6-10-15(17)20)13-7-4-3-5-8-13/h3-10H,1-2H3. The first-order valence-corrected chi connectivity index (χ1v) is 8.30. The van der Waals surface area contributed by atoms with Gasteiger partial charge in [0.25, 0.3) is 0 Å². The van der Waals surface area contributed by atoms with Crippen LogP contribution in [0.5, 0.6) is 0 Å². The zero-order chi connectivity index (χ0) is 15.0. The predicted molar refractivity (Wildman–Crippen MR) is 92.3 cm³/mol. The average molecular weight is 361 g/mol. The summed E-state index contributed by atoms with van der Waals surface area (Å²) in [5.74, 6) is -0.182. The normalized spacial score (nSPS) is 10.9. The van der Waals surface area contributed by atoms with Gasteiger partial charge in [-0.25, -0.2) is 4.39 Å². The Balaban J connectivity index is 2.33. The first-order chi connectivity index (χ1) is 10.1. The van der Waals surface area contributed by atoms with Crippen LogP contribution in [-0.4, -0.2) is 0 Å². The van der Waals surface area contributed by atoms with Gasteiger partial charge in [0.15, 0.2) is 0 Å². The quantitative estimate of drug-likeness (QED) is 0.482. The molecule has 1 heterocycles. The summed E-state index contributed by atoms with van der Waals surface area (Å²) >= 11 is 5.31. The first kappa shape index (κ1) is 14.5. The van der Waals surface area contributed by atoms with Crippen molar-refractivity contribution in [2.75, 3.05) is 0 Å². The third-order valence-electron chi connectivity index (χ3n) is 3.54. The molecule has 3 rings (SSSR count). The molecule has 0 bridgehead atoms. The van der Waals surface area contributed by atoms with Gasteiger partial charge in [-0.05, 0) is 47.0 Å². The number of rotatable bonds is 2. The van der Waals surface area contributed by atoms with Crippen molar-refractivity contribution < 1.29 is 4.39 Å². The molecule has 0 saturated carbocycles. The van der Waals surface area contributed by atoms with Crippen molar-refractivity contribution in [1.82, 2.24) is 0 Å². The summed E-state index contributed by atoms with van der Waals surface area (Å²) in [6.45, 7) is 4.09. The fourth-order valence-electron chi connectivity index (χ4n) is 2.58. The largest absolute Gasteiger partial charge is 0.206 e. The van der Waals surface area contributed by atoms with E-state index in [1.54, 1.807) is 17.4 Å². The Morgan fingerprint density at radius 1 is 0.857 bits per heavy atom. The molecule has 0 amide bonds. The lowest BCUT2D eigenvalue weighted by molar-refractivity contribution is 0.631. The van der Waals surface area contributed by atoms with Crippen LogP contribution in [-0.2, 0) is 0 Å². The van der Waals surface area contributed by atoms with Crippen LogP contribution in [0.25, 0.3) is 22.3 Å². The lowest BCUT2D eigenvalue weighted by Crippen LogP contribution is -1.90. The summed E-state index contributed by atoms with van der Waals surface area (Å²) < 4.78 is 15.6. The maximum atomic E-state index is 14.6. The molecule has 1 aromatic heterocycles. The predicted octanol–water partition coefficient (Wildman–Crippen LogP) is 6.60. The van der Waals surface area contributed by atoms with E-state index in [1.807, 2.05) is 50.2 Å². The van der Waals surface area contributed by atoms with Gasteiger partial charge < -0.3 is 0 Å². The molecule has 0 aliphatic heterocycles. The molecule has 0 nitrogen and oxygen atoms in total. The molecule has 0 atom stereocenters.